The van der Waals surface area contributed by atoms with Crippen LogP contribution in [0, 0.1) is 5.95 Å². The molecule has 0 aliphatic heterocycles. The van der Waals surface area contributed by atoms with E-state index >= 15 is 0 Å². The molecule has 0 saturated carbocycles. The maximum atomic E-state index is 12.6. The van der Waals surface area contributed by atoms with Gasteiger partial charge >= 0.3 is 0 Å². The second-order valence-corrected chi connectivity index (χ2v) is 4.18. The Labute approximate surface area is 108 Å². The van der Waals surface area contributed by atoms with Crippen LogP contribution in [0.25, 0.3) is 0 Å². The molecule has 0 radical (unpaired) electrons. The fourth-order valence-corrected chi connectivity index (χ4v) is 1.71. The molecule has 1 aromatic heterocycles. The summed E-state index contributed by atoms with van der Waals surface area (Å²) in [6.07, 6.45) is 1.32. The van der Waals surface area contributed by atoms with Crippen LogP contribution >= 0.6 is 23.2 Å². The van der Waals surface area contributed by atoms with Crippen molar-refractivity contribution in [2.24, 2.45) is 0 Å². The molecule has 88 valence electrons. The van der Waals surface area contributed by atoms with Crippen LogP contribution in [0.1, 0.15) is 5.56 Å². The molecule has 0 fully saturated rings. The summed E-state index contributed by atoms with van der Waals surface area (Å²) in [6, 6.07) is 7.90. The van der Waals surface area contributed by atoms with Crippen molar-refractivity contribution in [2.75, 3.05) is 0 Å². The standard InChI is InChI=1S/C12H8Cl2FNO/c13-9-2-1-8(11(14)5-9)7-17-10-3-4-12(15)16-6-10/h1-6H,7H2. The molecule has 0 N–H and O–H groups in total. The molecule has 0 amide bonds. The van der Waals surface area contributed by atoms with E-state index in [0.717, 1.165) is 5.56 Å². The Morgan fingerprint density at radius 1 is 1.18 bits per heavy atom. The van der Waals surface area contributed by atoms with Gasteiger partial charge in [-0.1, -0.05) is 29.3 Å². The van der Waals surface area contributed by atoms with Crippen LogP contribution in [-0.2, 0) is 6.61 Å². The fraction of sp³-hybridized carbons (Fsp3) is 0.0833. The zero-order chi connectivity index (χ0) is 12.3. The first-order valence-corrected chi connectivity index (χ1v) is 5.59. The average molecular weight is 272 g/mol. The number of hydrogen-bond donors (Lipinski definition) is 0. The lowest BCUT2D eigenvalue weighted by atomic mass is 10.2. The van der Waals surface area contributed by atoms with Gasteiger partial charge in [0.2, 0.25) is 5.95 Å². The first-order valence-electron chi connectivity index (χ1n) is 4.83. The summed E-state index contributed by atoms with van der Waals surface area (Å²) in [5, 5.41) is 1.11. The van der Waals surface area contributed by atoms with Crippen LogP contribution in [0.5, 0.6) is 5.75 Å². The van der Waals surface area contributed by atoms with Crippen molar-refractivity contribution in [3.8, 4) is 5.75 Å². The predicted octanol–water partition coefficient (Wildman–Crippen LogP) is 4.11. The molecule has 1 aromatic carbocycles. The maximum Gasteiger partial charge on any atom is 0.213 e. The second-order valence-electron chi connectivity index (χ2n) is 3.34. The third-order valence-corrected chi connectivity index (χ3v) is 2.70. The van der Waals surface area contributed by atoms with E-state index in [9.17, 15) is 4.39 Å². The molecule has 1 heterocycles. The molecule has 0 bridgehead atoms. The van der Waals surface area contributed by atoms with Crippen molar-refractivity contribution in [1.29, 1.82) is 0 Å². The van der Waals surface area contributed by atoms with E-state index < -0.39 is 5.95 Å². The number of aromatic nitrogens is 1. The minimum Gasteiger partial charge on any atom is -0.487 e. The molecule has 2 aromatic rings. The highest BCUT2D eigenvalue weighted by atomic mass is 35.5. The molecule has 0 saturated heterocycles. The van der Waals surface area contributed by atoms with Gasteiger partial charge in [0.05, 0.1) is 6.20 Å². The summed E-state index contributed by atoms with van der Waals surface area (Å²) >= 11 is 11.8. The number of pyridine rings is 1. The molecule has 17 heavy (non-hydrogen) atoms. The first-order chi connectivity index (χ1) is 8.15. The maximum absolute atomic E-state index is 12.6. The molecule has 2 rings (SSSR count). The van der Waals surface area contributed by atoms with Gasteiger partial charge in [0.25, 0.3) is 0 Å². The fourth-order valence-electron chi connectivity index (χ4n) is 1.25. The molecule has 5 heteroatoms. The molecule has 0 spiro atoms. The molecule has 2 nitrogen and oxygen atoms in total. The highest BCUT2D eigenvalue weighted by Gasteiger charge is 2.02. The van der Waals surface area contributed by atoms with Crippen LogP contribution in [-0.4, -0.2) is 4.98 Å². The van der Waals surface area contributed by atoms with Gasteiger partial charge in [0.1, 0.15) is 12.4 Å². The summed E-state index contributed by atoms with van der Waals surface area (Å²) in [5.74, 6) is -0.0562. The lowest BCUT2D eigenvalue weighted by Crippen LogP contribution is -1.97. The number of ether oxygens (including phenoxy) is 1. The van der Waals surface area contributed by atoms with Gasteiger partial charge in [-0.05, 0) is 24.3 Å². The van der Waals surface area contributed by atoms with Crippen LogP contribution in [0.15, 0.2) is 36.5 Å². The molecular formula is C12H8Cl2FNO. The summed E-state index contributed by atoms with van der Waals surface area (Å²) < 4.78 is 18.0. The van der Waals surface area contributed by atoms with E-state index in [1.165, 1.54) is 18.3 Å². The number of nitrogens with zero attached hydrogens (tertiary/aromatic N) is 1. The van der Waals surface area contributed by atoms with Gasteiger partial charge in [-0.25, -0.2) is 4.98 Å². The minimum atomic E-state index is -0.540. The smallest absolute Gasteiger partial charge is 0.213 e. The van der Waals surface area contributed by atoms with E-state index in [-0.39, 0.29) is 6.61 Å². The highest BCUT2D eigenvalue weighted by Crippen LogP contribution is 2.22. The van der Waals surface area contributed by atoms with Crippen molar-refractivity contribution in [1.82, 2.24) is 4.98 Å². The lowest BCUT2D eigenvalue weighted by Gasteiger charge is -2.07. The van der Waals surface area contributed by atoms with Crippen LogP contribution in [0.4, 0.5) is 4.39 Å². The first kappa shape index (κ1) is 12.1. The van der Waals surface area contributed by atoms with Crippen LogP contribution in [0.2, 0.25) is 10.0 Å². The SMILES string of the molecule is Fc1ccc(OCc2ccc(Cl)cc2Cl)cn1. The number of halogens is 3. The minimum absolute atomic E-state index is 0.281. The van der Waals surface area contributed by atoms with Crippen LogP contribution < -0.4 is 4.74 Å². The second kappa shape index (κ2) is 5.34. The van der Waals surface area contributed by atoms with Crippen molar-refractivity contribution in [2.45, 2.75) is 6.61 Å². The van der Waals surface area contributed by atoms with Crippen molar-refractivity contribution in [3.63, 3.8) is 0 Å². The summed E-state index contributed by atoms with van der Waals surface area (Å²) in [5.41, 5.74) is 0.806. The molecule has 0 unspecified atom stereocenters. The lowest BCUT2D eigenvalue weighted by molar-refractivity contribution is 0.304. The van der Waals surface area contributed by atoms with Crippen molar-refractivity contribution >= 4 is 23.2 Å². The van der Waals surface area contributed by atoms with Gasteiger partial charge < -0.3 is 4.74 Å². The summed E-state index contributed by atoms with van der Waals surface area (Å²) in [4.78, 5) is 3.48. The van der Waals surface area contributed by atoms with E-state index in [4.69, 9.17) is 27.9 Å². The molecule has 0 aliphatic carbocycles. The van der Waals surface area contributed by atoms with E-state index in [0.29, 0.717) is 15.8 Å². The Balaban J connectivity index is 2.04. The number of hydrogen-bond acceptors (Lipinski definition) is 2. The Hall–Kier alpha value is -1.32. The Kier molecular flexibility index (Phi) is 3.82. The van der Waals surface area contributed by atoms with E-state index in [1.54, 1.807) is 18.2 Å². The highest BCUT2D eigenvalue weighted by molar-refractivity contribution is 6.35. The molecule has 0 atom stereocenters. The van der Waals surface area contributed by atoms with Gasteiger partial charge in [0, 0.05) is 15.6 Å². The summed E-state index contributed by atoms with van der Waals surface area (Å²) in [7, 11) is 0. The summed E-state index contributed by atoms with van der Waals surface area (Å²) in [6.45, 7) is 0.281. The van der Waals surface area contributed by atoms with Gasteiger partial charge in [-0.2, -0.15) is 4.39 Å². The quantitative estimate of drug-likeness (QED) is 0.784. The molecule has 0 aliphatic rings. The zero-order valence-electron chi connectivity index (χ0n) is 8.66. The Morgan fingerprint density at radius 3 is 2.65 bits per heavy atom. The number of benzene rings is 1. The van der Waals surface area contributed by atoms with Crippen molar-refractivity contribution in [3.05, 3.63) is 58.1 Å². The Bertz CT molecular complexity index is 516. The van der Waals surface area contributed by atoms with E-state index in [2.05, 4.69) is 4.98 Å². The Morgan fingerprint density at radius 2 is 2.00 bits per heavy atom. The van der Waals surface area contributed by atoms with Crippen molar-refractivity contribution < 1.29 is 9.13 Å². The normalized spacial score (nSPS) is 10.3. The van der Waals surface area contributed by atoms with Gasteiger partial charge in [-0.15, -0.1) is 0 Å². The topological polar surface area (TPSA) is 22.1 Å². The van der Waals surface area contributed by atoms with Gasteiger partial charge in [0.15, 0.2) is 0 Å². The zero-order valence-corrected chi connectivity index (χ0v) is 10.2. The largest absolute Gasteiger partial charge is 0.487 e. The van der Waals surface area contributed by atoms with E-state index in [1.807, 2.05) is 0 Å². The third kappa shape index (κ3) is 3.32. The number of rotatable bonds is 3. The predicted molar refractivity (Wildman–Crippen MR) is 65.0 cm³/mol. The average Bonchev–Trinajstić information content (AvgIpc) is 2.30. The van der Waals surface area contributed by atoms with Gasteiger partial charge in [-0.3, -0.25) is 0 Å². The monoisotopic (exact) mass is 271 g/mol. The third-order valence-electron chi connectivity index (χ3n) is 2.11. The molecular weight excluding hydrogens is 264 g/mol. The van der Waals surface area contributed by atoms with Crippen LogP contribution in [0.3, 0.4) is 0 Å².